The Balaban J connectivity index is 2.01. The van der Waals surface area contributed by atoms with E-state index in [1.807, 2.05) is 31.2 Å². The quantitative estimate of drug-likeness (QED) is 0.555. The molecule has 23 heavy (non-hydrogen) atoms. The van der Waals surface area contributed by atoms with Crippen molar-refractivity contribution in [1.29, 1.82) is 0 Å². The molecule has 0 aliphatic carbocycles. The monoisotopic (exact) mass is 304 g/mol. The van der Waals surface area contributed by atoms with Crippen LogP contribution in [-0.2, 0) is 0 Å². The van der Waals surface area contributed by atoms with Gasteiger partial charge in [0.25, 0.3) is 0 Å². The van der Waals surface area contributed by atoms with Crippen LogP contribution >= 0.6 is 0 Å². The summed E-state index contributed by atoms with van der Waals surface area (Å²) in [6.45, 7) is 1.93. The minimum absolute atomic E-state index is 0.808. The molecule has 0 atom stereocenters. The molecule has 0 aliphatic heterocycles. The molecule has 4 aromatic rings. The molecule has 0 saturated carbocycles. The Morgan fingerprint density at radius 2 is 1.83 bits per heavy atom. The lowest BCUT2D eigenvalue weighted by Crippen LogP contribution is -1.97. The average Bonchev–Trinajstić information content (AvgIpc) is 3.18. The Labute approximate surface area is 133 Å². The van der Waals surface area contributed by atoms with Crippen molar-refractivity contribution in [1.82, 2.24) is 9.72 Å². The van der Waals surface area contributed by atoms with Crippen LogP contribution in [0.2, 0.25) is 0 Å². The molecule has 0 fully saturated rings. The summed E-state index contributed by atoms with van der Waals surface area (Å²) >= 11 is 0. The number of hydrogen-bond acceptors (Lipinski definition) is 3. The lowest BCUT2D eigenvalue weighted by atomic mass is 10.2. The number of ether oxygens (including phenoxy) is 1. The largest absolute Gasteiger partial charge is 0.497 e. The number of aromatic nitrogens is 2. The molecule has 2 aromatic heterocycles. The molecule has 0 spiro atoms. The zero-order valence-corrected chi connectivity index (χ0v) is 13.0. The molecule has 4 nitrogen and oxygen atoms in total. The van der Waals surface area contributed by atoms with Gasteiger partial charge in [-0.25, -0.2) is 0 Å². The fourth-order valence-electron chi connectivity index (χ4n) is 2.91. The first kappa shape index (κ1) is 13.6. The second kappa shape index (κ2) is 5.32. The van der Waals surface area contributed by atoms with E-state index in [4.69, 9.17) is 9.26 Å². The highest BCUT2D eigenvalue weighted by atomic mass is 16.5. The number of aryl methyl sites for hydroxylation is 1. The van der Waals surface area contributed by atoms with Crippen LogP contribution in [0.15, 0.2) is 65.3 Å². The lowest BCUT2D eigenvalue weighted by Gasteiger charge is -2.11. The number of nitrogens with zero attached hydrogens (tertiary/aromatic N) is 2. The van der Waals surface area contributed by atoms with Crippen molar-refractivity contribution < 1.29 is 9.26 Å². The molecule has 0 amide bonds. The first-order valence-corrected chi connectivity index (χ1v) is 7.44. The Morgan fingerprint density at radius 1 is 1.04 bits per heavy atom. The van der Waals surface area contributed by atoms with Crippen molar-refractivity contribution in [3.8, 4) is 22.7 Å². The molecule has 2 heterocycles. The molecule has 0 saturated heterocycles. The van der Waals surface area contributed by atoms with Gasteiger partial charge in [0.1, 0.15) is 11.5 Å². The number of hydrogen-bond donors (Lipinski definition) is 0. The number of methoxy groups -OCH3 is 1. The maximum absolute atomic E-state index is 5.26. The van der Waals surface area contributed by atoms with E-state index >= 15 is 0 Å². The molecule has 0 bridgehead atoms. The van der Waals surface area contributed by atoms with Gasteiger partial charge in [0, 0.05) is 11.1 Å². The Bertz CT molecular complexity index is 965. The van der Waals surface area contributed by atoms with E-state index in [1.165, 1.54) is 5.39 Å². The molecule has 0 unspecified atom stereocenters. The summed E-state index contributed by atoms with van der Waals surface area (Å²) in [4.78, 5) is 0. The third-order valence-corrected chi connectivity index (χ3v) is 4.07. The molecule has 4 heteroatoms. The van der Waals surface area contributed by atoms with Crippen molar-refractivity contribution >= 4 is 10.9 Å². The standard InChI is InChI=1S/C19H16N2O2/c1-13-17(12-20-23-13)19-11-14-5-3-4-6-18(14)21(19)15-7-9-16(22-2)10-8-15/h3-12H,1-2H3. The van der Waals surface area contributed by atoms with E-state index in [9.17, 15) is 0 Å². The summed E-state index contributed by atoms with van der Waals surface area (Å²) in [5, 5.41) is 5.10. The average molecular weight is 304 g/mol. The molecular formula is C19H16N2O2. The minimum atomic E-state index is 0.808. The number of rotatable bonds is 3. The first-order valence-electron chi connectivity index (χ1n) is 7.44. The highest BCUT2D eigenvalue weighted by molar-refractivity contribution is 5.89. The molecule has 0 N–H and O–H groups in total. The highest BCUT2D eigenvalue weighted by Crippen LogP contribution is 2.33. The van der Waals surface area contributed by atoms with Gasteiger partial charge in [-0.05, 0) is 43.3 Å². The van der Waals surface area contributed by atoms with Crippen LogP contribution in [0.3, 0.4) is 0 Å². The number of benzene rings is 2. The van der Waals surface area contributed by atoms with Gasteiger partial charge in [-0.3, -0.25) is 0 Å². The molecular weight excluding hydrogens is 288 g/mol. The van der Waals surface area contributed by atoms with Crippen LogP contribution in [0.25, 0.3) is 27.8 Å². The fraction of sp³-hybridized carbons (Fsp3) is 0.105. The molecule has 0 aliphatic rings. The van der Waals surface area contributed by atoms with Gasteiger partial charge in [-0.15, -0.1) is 0 Å². The summed E-state index contributed by atoms with van der Waals surface area (Å²) in [7, 11) is 1.67. The molecule has 2 aromatic carbocycles. The van der Waals surface area contributed by atoms with Crippen LogP contribution < -0.4 is 4.74 Å². The van der Waals surface area contributed by atoms with E-state index in [0.717, 1.165) is 34.0 Å². The van der Waals surface area contributed by atoms with E-state index in [0.29, 0.717) is 0 Å². The Kier molecular flexibility index (Phi) is 3.15. The summed E-state index contributed by atoms with van der Waals surface area (Å²) < 4.78 is 12.7. The Morgan fingerprint density at radius 3 is 2.52 bits per heavy atom. The van der Waals surface area contributed by atoms with E-state index in [2.05, 4.69) is 40.1 Å². The van der Waals surface area contributed by atoms with Crippen LogP contribution in [0.5, 0.6) is 5.75 Å². The summed E-state index contributed by atoms with van der Waals surface area (Å²) in [6, 6.07) is 18.5. The Hall–Kier alpha value is -3.01. The maximum Gasteiger partial charge on any atom is 0.142 e. The van der Waals surface area contributed by atoms with Crippen molar-refractivity contribution in [3.63, 3.8) is 0 Å². The lowest BCUT2D eigenvalue weighted by molar-refractivity contribution is 0.398. The van der Waals surface area contributed by atoms with Crippen molar-refractivity contribution in [2.75, 3.05) is 7.11 Å². The predicted molar refractivity (Wildman–Crippen MR) is 90.1 cm³/mol. The smallest absolute Gasteiger partial charge is 0.142 e. The summed E-state index contributed by atoms with van der Waals surface area (Å²) in [5.41, 5.74) is 4.28. The maximum atomic E-state index is 5.26. The number of para-hydroxylation sites is 1. The second-order valence-corrected chi connectivity index (χ2v) is 5.42. The minimum Gasteiger partial charge on any atom is -0.497 e. The van der Waals surface area contributed by atoms with Gasteiger partial charge in [0.05, 0.1) is 30.1 Å². The topological polar surface area (TPSA) is 40.2 Å². The normalized spacial score (nSPS) is 11.0. The van der Waals surface area contributed by atoms with Crippen LogP contribution in [-0.4, -0.2) is 16.8 Å². The van der Waals surface area contributed by atoms with Crippen LogP contribution in [0.1, 0.15) is 5.76 Å². The summed E-state index contributed by atoms with van der Waals surface area (Å²) in [6.07, 6.45) is 1.77. The third-order valence-electron chi connectivity index (χ3n) is 4.07. The molecule has 4 rings (SSSR count). The molecule has 0 radical (unpaired) electrons. The third kappa shape index (κ3) is 2.19. The second-order valence-electron chi connectivity index (χ2n) is 5.42. The fourth-order valence-corrected chi connectivity index (χ4v) is 2.91. The van der Waals surface area contributed by atoms with E-state index in [1.54, 1.807) is 13.3 Å². The van der Waals surface area contributed by atoms with Gasteiger partial charge in [0.15, 0.2) is 0 Å². The van der Waals surface area contributed by atoms with E-state index < -0.39 is 0 Å². The van der Waals surface area contributed by atoms with Crippen molar-refractivity contribution in [3.05, 3.63) is 66.6 Å². The SMILES string of the molecule is COc1ccc(-n2c(-c3cnoc3C)cc3ccccc32)cc1. The van der Waals surface area contributed by atoms with Crippen LogP contribution in [0.4, 0.5) is 0 Å². The predicted octanol–water partition coefficient (Wildman–Crippen LogP) is 4.60. The molecule has 114 valence electrons. The summed E-state index contributed by atoms with van der Waals surface area (Å²) in [5.74, 6) is 1.65. The van der Waals surface area contributed by atoms with Crippen LogP contribution in [0, 0.1) is 6.92 Å². The zero-order chi connectivity index (χ0) is 15.8. The zero-order valence-electron chi connectivity index (χ0n) is 13.0. The van der Waals surface area contributed by atoms with Gasteiger partial charge < -0.3 is 13.8 Å². The first-order chi connectivity index (χ1) is 11.3. The highest BCUT2D eigenvalue weighted by Gasteiger charge is 2.16. The van der Waals surface area contributed by atoms with Gasteiger partial charge >= 0.3 is 0 Å². The van der Waals surface area contributed by atoms with Crippen molar-refractivity contribution in [2.24, 2.45) is 0 Å². The van der Waals surface area contributed by atoms with Gasteiger partial charge in [0.2, 0.25) is 0 Å². The van der Waals surface area contributed by atoms with E-state index in [-0.39, 0.29) is 0 Å². The van der Waals surface area contributed by atoms with Gasteiger partial charge in [-0.1, -0.05) is 23.4 Å². The number of fused-ring (bicyclic) bond motifs is 1. The van der Waals surface area contributed by atoms with Gasteiger partial charge in [-0.2, -0.15) is 0 Å². The van der Waals surface area contributed by atoms with Crippen molar-refractivity contribution in [2.45, 2.75) is 6.92 Å².